The Morgan fingerprint density at radius 2 is 1.74 bits per heavy atom. The van der Waals surface area contributed by atoms with Crippen molar-refractivity contribution in [1.29, 1.82) is 0 Å². The molecule has 14 nitrogen and oxygen atoms in total. The third kappa shape index (κ3) is 6.16. The molecule has 5 rings (SSSR count). The molecular weight excluding hydrogens is 546 g/mol. The third-order valence-corrected chi connectivity index (χ3v) is 6.39. The molecule has 0 aliphatic carbocycles. The van der Waals surface area contributed by atoms with Gasteiger partial charge in [-0.25, -0.2) is 4.79 Å². The van der Waals surface area contributed by atoms with Gasteiger partial charge >= 0.3 is 5.97 Å². The molecule has 2 aromatic heterocycles. The molecule has 216 valence electrons. The SMILES string of the molecule is CCOc1nc2cccc(C(=O)O)c2n1Cc1ccc(-c2ccccc2-c2nnn(C(=O)CCCON(O)O)n2)cc1. The maximum Gasteiger partial charge on any atom is 0.337 e. The molecule has 0 bridgehead atoms. The molecule has 0 fully saturated rings. The van der Waals surface area contributed by atoms with Crippen molar-refractivity contribution in [2.24, 2.45) is 0 Å². The second-order valence-corrected chi connectivity index (χ2v) is 9.12. The van der Waals surface area contributed by atoms with Crippen LogP contribution >= 0.6 is 0 Å². The van der Waals surface area contributed by atoms with E-state index in [1.54, 1.807) is 22.8 Å². The summed E-state index contributed by atoms with van der Waals surface area (Å²) < 4.78 is 7.49. The van der Waals surface area contributed by atoms with Crippen LogP contribution in [-0.2, 0) is 11.4 Å². The van der Waals surface area contributed by atoms with E-state index in [0.29, 0.717) is 35.8 Å². The minimum Gasteiger partial charge on any atom is -0.478 e. The molecule has 3 aromatic carbocycles. The Balaban J connectivity index is 1.38. The smallest absolute Gasteiger partial charge is 0.337 e. The van der Waals surface area contributed by atoms with Gasteiger partial charge in [0.1, 0.15) is 0 Å². The number of carboxylic acid groups (broad SMARTS) is 1. The van der Waals surface area contributed by atoms with Gasteiger partial charge in [-0.05, 0) is 47.4 Å². The minimum atomic E-state index is -1.04. The van der Waals surface area contributed by atoms with Crippen molar-refractivity contribution in [3.05, 3.63) is 77.9 Å². The van der Waals surface area contributed by atoms with Crippen molar-refractivity contribution in [2.75, 3.05) is 13.2 Å². The van der Waals surface area contributed by atoms with E-state index in [0.717, 1.165) is 21.5 Å². The molecule has 0 spiro atoms. The van der Waals surface area contributed by atoms with Crippen LogP contribution in [0.15, 0.2) is 66.7 Å². The fourth-order valence-corrected chi connectivity index (χ4v) is 4.52. The van der Waals surface area contributed by atoms with Gasteiger partial charge in [-0.3, -0.25) is 24.6 Å². The second-order valence-electron chi connectivity index (χ2n) is 9.12. The Morgan fingerprint density at radius 3 is 2.45 bits per heavy atom. The van der Waals surface area contributed by atoms with Crippen molar-refractivity contribution in [1.82, 2.24) is 35.1 Å². The molecule has 0 aliphatic heterocycles. The number of carboxylic acids is 1. The predicted molar refractivity (Wildman–Crippen MR) is 147 cm³/mol. The topological polar surface area (TPSA) is 178 Å². The lowest BCUT2D eigenvalue weighted by Crippen LogP contribution is -2.18. The van der Waals surface area contributed by atoms with Crippen molar-refractivity contribution < 1.29 is 34.7 Å². The van der Waals surface area contributed by atoms with Crippen molar-refractivity contribution >= 4 is 22.9 Å². The quantitative estimate of drug-likeness (QED) is 0.145. The van der Waals surface area contributed by atoms with Crippen LogP contribution in [0, 0.1) is 0 Å². The number of nitrogens with zero attached hydrogens (tertiary/aromatic N) is 7. The molecule has 3 N–H and O–H groups in total. The summed E-state index contributed by atoms with van der Waals surface area (Å²) in [4.78, 5) is 34.2. The van der Waals surface area contributed by atoms with E-state index >= 15 is 0 Å². The van der Waals surface area contributed by atoms with E-state index in [2.05, 4.69) is 25.2 Å². The van der Waals surface area contributed by atoms with E-state index in [-0.39, 0.29) is 30.8 Å². The van der Waals surface area contributed by atoms with Crippen LogP contribution in [0.3, 0.4) is 0 Å². The zero-order valence-electron chi connectivity index (χ0n) is 22.5. The highest BCUT2D eigenvalue weighted by Crippen LogP contribution is 2.31. The summed E-state index contributed by atoms with van der Waals surface area (Å²) in [5.74, 6) is -1.20. The zero-order valence-corrected chi connectivity index (χ0v) is 22.5. The van der Waals surface area contributed by atoms with Crippen LogP contribution in [-0.4, -0.2) is 75.8 Å². The Kier molecular flexibility index (Phi) is 8.59. The number of tetrazole rings is 1. The number of carbonyl (C=O) groups excluding carboxylic acids is 1. The molecule has 2 heterocycles. The summed E-state index contributed by atoms with van der Waals surface area (Å²) >= 11 is 0. The van der Waals surface area contributed by atoms with Gasteiger partial charge in [0.2, 0.25) is 5.82 Å². The standard InChI is InChI=1S/C28H27N7O7/c1-2-41-28-29-23-10-5-9-22(27(37)38)25(23)33(28)17-18-12-14-19(15-13-18)20-7-3-4-8-21(20)26-30-32-34(31-26)24(36)11-6-16-42-35(39)40/h3-5,7-10,12-15,39-40H,2,6,11,16-17H2,1H3,(H,37,38). The average molecular weight is 574 g/mol. The molecular formula is C28H27N7O7. The lowest BCUT2D eigenvalue weighted by Gasteiger charge is -2.12. The van der Waals surface area contributed by atoms with Crippen LogP contribution in [0.2, 0.25) is 0 Å². The van der Waals surface area contributed by atoms with Crippen LogP contribution in [0.1, 0.15) is 40.5 Å². The van der Waals surface area contributed by atoms with E-state index in [4.69, 9.17) is 15.2 Å². The van der Waals surface area contributed by atoms with E-state index < -0.39 is 17.3 Å². The van der Waals surface area contributed by atoms with E-state index in [9.17, 15) is 14.7 Å². The number of ether oxygens (including phenoxy) is 1. The van der Waals surface area contributed by atoms with Gasteiger partial charge in [0, 0.05) is 12.0 Å². The van der Waals surface area contributed by atoms with Gasteiger partial charge < -0.3 is 9.84 Å². The maximum absolute atomic E-state index is 12.4. The molecule has 0 saturated carbocycles. The first kappa shape index (κ1) is 28.5. The number of benzene rings is 3. The van der Waals surface area contributed by atoms with E-state index in [1.165, 1.54) is 0 Å². The minimum absolute atomic E-state index is 0.0118. The summed E-state index contributed by atoms with van der Waals surface area (Å²) in [5, 5.41) is 38.7. The maximum atomic E-state index is 12.4. The first-order valence-corrected chi connectivity index (χ1v) is 13.0. The Labute approximate surface area is 238 Å². The van der Waals surface area contributed by atoms with Crippen molar-refractivity contribution in [3.8, 4) is 28.5 Å². The molecule has 0 aliphatic rings. The largest absolute Gasteiger partial charge is 0.478 e. The number of rotatable bonds is 12. The highest BCUT2D eigenvalue weighted by molar-refractivity contribution is 6.01. The number of para-hydroxylation sites is 1. The Morgan fingerprint density at radius 1 is 0.976 bits per heavy atom. The van der Waals surface area contributed by atoms with Gasteiger partial charge in [-0.1, -0.05) is 59.4 Å². The van der Waals surface area contributed by atoms with Gasteiger partial charge in [0.05, 0.1) is 41.7 Å². The fraction of sp³-hybridized carbons (Fsp3) is 0.214. The van der Waals surface area contributed by atoms with Crippen LogP contribution in [0.5, 0.6) is 6.01 Å². The van der Waals surface area contributed by atoms with Crippen molar-refractivity contribution in [3.63, 3.8) is 0 Å². The predicted octanol–water partition coefficient (Wildman–Crippen LogP) is 3.93. The molecule has 0 unspecified atom stereocenters. The van der Waals surface area contributed by atoms with E-state index in [1.807, 2.05) is 55.5 Å². The monoisotopic (exact) mass is 573 g/mol. The van der Waals surface area contributed by atoms with Crippen LogP contribution in [0.25, 0.3) is 33.5 Å². The van der Waals surface area contributed by atoms with Crippen molar-refractivity contribution in [2.45, 2.75) is 26.3 Å². The normalized spacial score (nSPS) is 11.3. The summed E-state index contributed by atoms with van der Waals surface area (Å²) in [6.45, 7) is 2.49. The molecule has 42 heavy (non-hydrogen) atoms. The molecule has 14 heteroatoms. The molecule has 5 aromatic rings. The second kappa shape index (κ2) is 12.7. The number of hydrogen-bond donors (Lipinski definition) is 3. The number of fused-ring (bicyclic) bond motifs is 1. The van der Waals surface area contributed by atoms with Crippen LogP contribution < -0.4 is 4.74 Å². The van der Waals surface area contributed by atoms with Gasteiger partial charge in [0.15, 0.2) is 0 Å². The number of aromatic carboxylic acids is 1. The Hall–Kier alpha value is -5.02. The number of imidazole rings is 1. The first-order valence-electron chi connectivity index (χ1n) is 13.0. The summed E-state index contributed by atoms with van der Waals surface area (Å²) in [6.07, 6.45) is 0.229. The molecule has 0 saturated heterocycles. The molecule has 0 amide bonds. The number of carbonyl (C=O) groups is 2. The van der Waals surface area contributed by atoms with Crippen LogP contribution in [0.4, 0.5) is 0 Å². The average Bonchev–Trinajstić information content (AvgIpc) is 3.61. The lowest BCUT2D eigenvalue weighted by molar-refractivity contribution is -0.492. The molecule has 0 atom stereocenters. The fourth-order valence-electron chi connectivity index (χ4n) is 4.52. The first-order chi connectivity index (χ1) is 20.4. The highest BCUT2D eigenvalue weighted by atomic mass is 17.1. The summed E-state index contributed by atoms with van der Waals surface area (Å²) in [5.41, 5.74) is 4.45. The number of hydrogen-bond acceptors (Lipinski definition) is 11. The zero-order chi connectivity index (χ0) is 29.6. The Bertz CT molecular complexity index is 1710. The van der Waals surface area contributed by atoms with Gasteiger partial charge in [0.25, 0.3) is 11.9 Å². The summed E-state index contributed by atoms with van der Waals surface area (Å²) in [6, 6.07) is 20.5. The lowest BCUT2D eigenvalue weighted by atomic mass is 9.98. The summed E-state index contributed by atoms with van der Waals surface area (Å²) in [7, 11) is 0. The highest BCUT2D eigenvalue weighted by Gasteiger charge is 2.19. The van der Waals surface area contributed by atoms with Gasteiger partial charge in [-0.15, -0.1) is 10.2 Å². The third-order valence-electron chi connectivity index (χ3n) is 6.39. The van der Waals surface area contributed by atoms with Gasteiger partial charge in [-0.2, -0.15) is 4.98 Å². The number of aromatic nitrogens is 6. The molecule has 0 radical (unpaired) electrons.